The normalized spacial score (nSPS) is 13.9. The van der Waals surface area contributed by atoms with E-state index < -0.39 is 0 Å². The molecule has 0 amide bonds. The van der Waals surface area contributed by atoms with Gasteiger partial charge in [-0.3, -0.25) is 0 Å². The average Bonchev–Trinajstić information content (AvgIpc) is 2.72. The Kier molecular flexibility index (Phi) is 4.81. The molecule has 146 valence electrons. The van der Waals surface area contributed by atoms with Crippen LogP contribution in [0.1, 0.15) is 24.4 Å². The first kappa shape index (κ1) is 18.2. The summed E-state index contributed by atoms with van der Waals surface area (Å²) in [6.45, 7) is 5.49. The lowest BCUT2D eigenvalue weighted by Gasteiger charge is -2.22. The number of fused-ring (bicyclic) bond motifs is 2. The molecule has 2 aromatic carbocycles. The number of hydrogen-bond donors (Lipinski definition) is 2. The molecular formula is C21H24N4O3. The maximum Gasteiger partial charge on any atom is 0.162 e. The number of aromatic nitrogens is 2. The van der Waals surface area contributed by atoms with Crippen LogP contribution in [0.15, 0.2) is 30.3 Å². The van der Waals surface area contributed by atoms with E-state index in [9.17, 15) is 0 Å². The minimum absolute atomic E-state index is 0.0413. The lowest BCUT2D eigenvalue weighted by atomic mass is 10.1. The molecule has 28 heavy (non-hydrogen) atoms. The van der Waals surface area contributed by atoms with E-state index in [0.717, 1.165) is 40.3 Å². The number of nitrogens with zero attached hydrogens (tertiary/aromatic N) is 2. The van der Waals surface area contributed by atoms with Gasteiger partial charge in [-0.1, -0.05) is 6.07 Å². The molecule has 1 unspecified atom stereocenters. The molecule has 3 aromatic rings. The molecule has 0 bridgehead atoms. The Balaban J connectivity index is 1.70. The van der Waals surface area contributed by atoms with Gasteiger partial charge in [-0.05, 0) is 37.6 Å². The highest BCUT2D eigenvalue weighted by Crippen LogP contribution is 2.36. The first-order valence-electron chi connectivity index (χ1n) is 9.26. The van der Waals surface area contributed by atoms with Gasteiger partial charge in [0.05, 0.1) is 31.5 Å². The second kappa shape index (κ2) is 7.42. The minimum Gasteiger partial charge on any atom is -0.493 e. The van der Waals surface area contributed by atoms with E-state index in [1.165, 1.54) is 0 Å². The first-order chi connectivity index (χ1) is 13.6. The largest absolute Gasteiger partial charge is 0.493 e. The Morgan fingerprint density at radius 3 is 2.68 bits per heavy atom. The van der Waals surface area contributed by atoms with Gasteiger partial charge in [0.25, 0.3) is 0 Å². The summed E-state index contributed by atoms with van der Waals surface area (Å²) in [6, 6.07) is 10.0. The zero-order valence-corrected chi connectivity index (χ0v) is 16.5. The van der Waals surface area contributed by atoms with Crippen molar-refractivity contribution in [3.05, 3.63) is 41.7 Å². The number of aryl methyl sites for hydroxylation is 1. The zero-order chi connectivity index (χ0) is 19.7. The summed E-state index contributed by atoms with van der Waals surface area (Å²) in [5.41, 5.74) is 2.97. The fraction of sp³-hybridized carbons (Fsp3) is 0.333. The standard InChI is InChI=1S/C21H24N4O3/c1-12(14-5-6-18-17(9-14)22-7-8-28-18)23-21-15-10-19(26-3)20(27-4)11-16(15)24-13(2)25-21/h5-6,9-12,22H,7-8H2,1-4H3,(H,23,24,25). The van der Waals surface area contributed by atoms with Crippen LogP contribution < -0.4 is 24.8 Å². The number of methoxy groups -OCH3 is 2. The van der Waals surface area contributed by atoms with Crippen molar-refractivity contribution in [3.63, 3.8) is 0 Å². The highest BCUT2D eigenvalue weighted by molar-refractivity contribution is 5.92. The second-order valence-corrected chi connectivity index (χ2v) is 6.74. The molecule has 2 heterocycles. The minimum atomic E-state index is 0.0413. The Labute approximate surface area is 164 Å². The summed E-state index contributed by atoms with van der Waals surface area (Å²) in [7, 11) is 3.24. The van der Waals surface area contributed by atoms with Crippen molar-refractivity contribution < 1.29 is 14.2 Å². The van der Waals surface area contributed by atoms with Gasteiger partial charge >= 0.3 is 0 Å². The van der Waals surface area contributed by atoms with Crippen molar-refractivity contribution in [1.29, 1.82) is 0 Å². The molecule has 0 aliphatic carbocycles. The number of hydrogen-bond acceptors (Lipinski definition) is 7. The topological polar surface area (TPSA) is 77.5 Å². The quantitative estimate of drug-likeness (QED) is 0.694. The summed E-state index contributed by atoms with van der Waals surface area (Å²) in [5, 5.41) is 7.78. The smallest absolute Gasteiger partial charge is 0.162 e. The molecule has 0 radical (unpaired) electrons. The van der Waals surface area contributed by atoms with Crippen molar-refractivity contribution >= 4 is 22.4 Å². The Morgan fingerprint density at radius 2 is 1.89 bits per heavy atom. The van der Waals surface area contributed by atoms with Crippen LogP contribution in [0.2, 0.25) is 0 Å². The summed E-state index contributed by atoms with van der Waals surface area (Å²) < 4.78 is 16.5. The highest BCUT2D eigenvalue weighted by Gasteiger charge is 2.16. The van der Waals surface area contributed by atoms with E-state index in [2.05, 4.69) is 39.7 Å². The lowest BCUT2D eigenvalue weighted by Crippen LogP contribution is -2.18. The van der Waals surface area contributed by atoms with Crippen molar-refractivity contribution in [2.75, 3.05) is 38.0 Å². The monoisotopic (exact) mass is 380 g/mol. The fourth-order valence-corrected chi connectivity index (χ4v) is 3.40. The third kappa shape index (κ3) is 3.35. The molecule has 4 rings (SSSR count). The number of nitrogens with one attached hydrogen (secondary N) is 2. The van der Waals surface area contributed by atoms with Crippen LogP contribution in [0.25, 0.3) is 10.9 Å². The van der Waals surface area contributed by atoms with E-state index in [0.29, 0.717) is 23.9 Å². The van der Waals surface area contributed by atoms with Crippen LogP contribution in [0, 0.1) is 6.92 Å². The molecule has 0 saturated carbocycles. The zero-order valence-electron chi connectivity index (χ0n) is 16.5. The molecule has 7 heteroatoms. The van der Waals surface area contributed by atoms with Gasteiger partial charge in [0.1, 0.15) is 24.0 Å². The van der Waals surface area contributed by atoms with E-state index in [1.54, 1.807) is 14.2 Å². The lowest BCUT2D eigenvalue weighted by molar-refractivity contribution is 0.323. The van der Waals surface area contributed by atoms with Gasteiger partial charge in [0, 0.05) is 18.0 Å². The second-order valence-electron chi connectivity index (χ2n) is 6.74. The molecule has 0 saturated heterocycles. The Bertz CT molecular complexity index is 1020. The maximum absolute atomic E-state index is 5.67. The molecule has 2 N–H and O–H groups in total. The summed E-state index contributed by atoms with van der Waals surface area (Å²) in [4.78, 5) is 9.17. The van der Waals surface area contributed by atoms with Crippen molar-refractivity contribution in [3.8, 4) is 17.2 Å². The maximum atomic E-state index is 5.67. The number of rotatable bonds is 5. The molecule has 1 aliphatic rings. The SMILES string of the molecule is COc1cc2nc(C)nc(NC(C)c3ccc4c(c3)NCCO4)c2cc1OC. The molecule has 1 aliphatic heterocycles. The third-order valence-electron chi connectivity index (χ3n) is 4.84. The van der Waals surface area contributed by atoms with Crippen molar-refractivity contribution in [1.82, 2.24) is 9.97 Å². The van der Waals surface area contributed by atoms with Gasteiger partial charge in [-0.25, -0.2) is 9.97 Å². The number of anilines is 2. The van der Waals surface area contributed by atoms with Crippen LogP contribution in [0.3, 0.4) is 0 Å². The molecule has 1 aromatic heterocycles. The van der Waals surface area contributed by atoms with Crippen LogP contribution in [-0.2, 0) is 0 Å². The third-order valence-corrected chi connectivity index (χ3v) is 4.84. The van der Waals surface area contributed by atoms with Gasteiger partial charge in [0.2, 0.25) is 0 Å². The molecule has 0 spiro atoms. The van der Waals surface area contributed by atoms with Gasteiger partial charge in [-0.15, -0.1) is 0 Å². The summed E-state index contributed by atoms with van der Waals surface area (Å²) >= 11 is 0. The predicted octanol–water partition coefficient (Wildman–Crippen LogP) is 3.93. The van der Waals surface area contributed by atoms with E-state index in [4.69, 9.17) is 14.2 Å². The number of benzene rings is 2. The van der Waals surface area contributed by atoms with Crippen molar-refractivity contribution in [2.45, 2.75) is 19.9 Å². The van der Waals surface area contributed by atoms with Crippen LogP contribution >= 0.6 is 0 Å². The van der Waals surface area contributed by atoms with E-state index in [-0.39, 0.29) is 6.04 Å². The van der Waals surface area contributed by atoms with Gasteiger partial charge in [0.15, 0.2) is 11.5 Å². The molecular weight excluding hydrogens is 356 g/mol. The highest BCUT2D eigenvalue weighted by atomic mass is 16.5. The molecule has 0 fully saturated rings. The van der Waals surface area contributed by atoms with Crippen LogP contribution in [-0.4, -0.2) is 37.3 Å². The fourth-order valence-electron chi connectivity index (χ4n) is 3.40. The van der Waals surface area contributed by atoms with E-state index >= 15 is 0 Å². The average molecular weight is 380 g/mol. The van der Waals surface area contributed by atoms with Crippen LogP contribution in [0.5, 0.6) is 17.2 Å². The summed E-state index contributed by atoms with van der Waals surface area (Å²) in [6.07, 6.45) is 0. The first-order valence-corrected chi connectivity index (χ1v) is 9.26. The predicted molar refractivity (Wildman–Crippen MR) is 110 cm³/mol. The Morgan fingerprint density at radius 1 is 1.11 bits per heavy atom. The van der Waals surface area contributed by atoms with E-state index in [1.807, 2.05) is 25.1 Å². The van der Waals surface area contributed by atoms with Gasteiger partial charge < -0.3 is 24.8 Å². The number of ether oxygens (including phenoxy) is 3. The van der Waals surface area contributed by atoms with Crippen LogP contribution in [0.4, 0.5) is 11.5 Å². The van der Waals surface area contributed by atoms with Crippen molar-refractivity contribution in [2.24, 2.45) is 0 Å². The van der Waals surface area contributed by atoms with Gasteiger partial charge in [-0.2, -0.15) is 0 Å². The molecule has 7 nitrogen and oxygen atoms in total. The Hall–Kier alpha value is -3.22. The summed E-state index contributed by atoms with van der Waals surface area (Å²) in [5.74, 6) is 3.64. The molecule has 1 atom stereocenters.